The molecule has 490 valence electrons. The number of nitrogens with one attached hydrogen (secondary N) is 2. The van der Waals surface area contributed by atoms with Crippen molar-refractivity contribution >= 4 is 60.1 Å². The molecule has 3 N–H and O–H groups in total. The second-order valence-corrected chi connectivity index (χ2v) is 27.3. The highest BCUT2D eigenvalue weighted by molar-refractivity contribution is 7.47. The average molecular weight is 1260 g/mol. The van der Waals surface area contributed by atoms with Crippen molar-refractivity contribution in [2.75, 3.05) is 26.4 Å². The van der Waals surface area contributed by atoms with E-state index in [1.165, 1.54) is 60.5 Å². The molecule has 0 amide bonds. The smallest absolute Gasteiger partial charge is 0.259 e. The van der Waals surface area contributed by atoms with Crippen LogP contribution in [0.4, 0.5) is 0 Å². The Labute approximate surface area is 538 Å². The van der Waals surface area contributed by atoms with Gasteiger partial charge in [-0.3, -0.25) is 0 Å². The van der Waals surface area contributed by atoms with Crippen molar-refractivity contribution in [1.82, 2.24) is 40.0 Å². The van der Waals surface area contributed by atoms with Crippen molar-refractivity contribution in [3.63, 3.8) is 0 Å². The molecule has 0 radical (unpaired) electrons. The van der Waals surface area contributed by atoms with Crippen LogP contribution in [0.1, 0.15) is 174 Å². The SMILES string of the molecule is CC(C)N(C(C)C)P(OCCC#N)N(C(C)C)C(C)C.CC(C)NC(C)C.CC[C@@H](O)CCOCc1c2ccccc2cc2ccccc12.CC[C@H](CCOCc1c2ccccc2cc2ccccc12)OP(OCCC#N)N(C(C)C)C(C)C.c1nn[nH]n1. The predicted octanol–water partition coefficient (Wildman–Crippen LogP) is 17.6. The third kappa shape index (κ3) is 27.7. The first-order valence-corrected chi connectivity index (χ1v) is 34.6. The van der Waals surface area contributed by atoms with E-state index >= 15 is 0 Å². The molecule has 6 aromatic carbocycles. The van der Waals surface area contributed by atoms with Crippen LogP contribution in [0, 0.1) is 22.7 Å². The van der Waals surface area contributed by atoms with E-state index in [-0.39, 0.29) is 24.3 Å². The van der Waals surface area contributed by atoms with Crippen molar-refractivity contribution in [1.29, 1.82) is 10.5 Å². The van der Waals surface area contributed by atoms with Gasteiger partial charge in [-0.25, -0.2) is 14.0 Å². The molecule has 89 heavy (non-hydrogen) atoms. The molecule has 0 fully saturated rings. The van der Waals surface area contributed by atoms with Gasteiger partial charge in [0.05, 0.1) is 63.6 Å². The Morgan fingerprint density at radius 1 is 0.517 bits per heavy atom. The first kappa shape index (κ1) is 78.1. The zero-order chi connectivity index (χ0) is 65.8. The van der Waals surface area contributed by atoms with Crippen LogP contribution >= 0.6 is 17.0 Å². The highest BCUT2D eigenvalue weighted by Crippen LogP contribution is 2.51. The number of nitrogens with zero attached hydrogens (tertiary/aromatic N) is 8. The second-order valence-electron chi connectivity index (χ2n) is 24.2. The van der Waals surface area contributed by atoms with E-state index in [0.717, 1.165) is 19.3 Å². The maximum atomic E-state index is 9.62. The molecule has 16 nitrogen and oxygen atoms in total. The van der Waals surface area contributed by atoms with Gasteiger partial charge in [-0.1, -0.05) is 144 Å². The van der Waals surface area contributed by atoms with E-state index < -0.39 is 17.0 Å². The monoisotopic (exact) mass is 1260 g/mol. The van der Waals surface area contributed by atoms with Gasteiger partial charge >= 0.3 is 0 Å². The number of hydrogen-bond donors (Lipinski definition) is 3. The van der Waals surface area contributed by atoms with Gasteiger partial charge in [-0.15, -0.1) is 10.2 Å². The van der Waals surface area contributed by atoms with Gasteiger partial charge < -0.3 is 33.5 Å². The Morgan fingerprint density at radius 2 is 0.899 bits per heavy atom. The number of fused-ring (bicyclic) bond motifs is 4. The molecular formula is C71H110N10O6P2. The Hall–Kier alpha value is -5.13. The van der Waals surface area contributed by atoms with Crippen LogP contribution in [0.25, 0.3) is 43.1 Å². The average Bonchev–Trinajstić information content (AvgIpc) is 1.58. The highest BCUT2D eigenvalue weighted by Gasteiger charge is 2.34. The minimum absolute atomic E-state index is 0.0347. The molecule has 1 heterocycles. The lowest BCUT2D eigenvalue weighted by Gasteiger charge is -2.45. The number of rotatable bonds is 31. The van der Waals surface area contributed by atoms with E-state index in [2.05, 4.69) is 279 Å². The lowest BCUT2D eigenvalue weighted by Crippen LogP contribution is -2.43. The van der Waals surface area contributed by atoms with Gasteiger partial charge in [0.25, 0.3) is 8.53 Å². The van der Waals surface area contributed by atoms with Crippen LogP contribution in [0.2, 0.25) is 0 Å². The normalized spacial score (nSPS) is 12.7. The minimum Gasteiger partial charge on any atom is -0.393 e. The second kappa shape index (κ2) is 43.6. The van der Waals surface area contributed by atoms with Gasteiger partial charge in [0.2, 0.25) is 0 Å². The molecule has 0 aliphatic heterocycles. The number of hydrogen-bond acceptors (Lipinski definition) is 15. The number of H-pyrrole nitrogens is 1. The molecule has 0 saturated heterocycles. The number of aromatic nitrogens is 4. The summed E-state index contributed by atoms with van der Waals surface area (Å²) in [5.41, 5.74) is 2.47. The summed E-state index contributed by atoms with van der Waals surface area (Å²) in [5.74, 6) is 0. The number of tetrazole rings is 1. The number of aliphatic hydroxyl groups excluding tert-OH is 1. The first-order valence-electron chi connectivity index (χ1n) is 32.3. The number of nitriles is 2. The highest BCUT2D eigenvalue weighted by atomic mass is 31.2. The van der Waals surface area contributed by atoms with Crippen LogP contribution < -0.4 is 5.32 Å². The quantitative estimate of drug-likeness (QED) is 0.0211. The van der Waals surface area contributed by atoms with Crippen molar-refractivity contribution in [3.8, 4) is 12.1 Å². The van der Waals surface area contributed by atoms with Gasteiger partial charge in [0.1, 0.15) is 0 Å². The summed E-state index contributed by atoms with van der Waals surface area (Å²) >= 11 is 0. The van der Waals surface area contributed by atoms with Crippen molar-refractivity contribution in [2.45, 2.75) is 237 Å². The fourth-order valence-corrected chi connectivity index (χ4v) is 14.6. The number of aliphatic hydroxyl groups is 1. The predicted molar refractivity (Wildman–Crippen MR) is 373 cm³/mol. The molecule has 1 aromatic heterocycles. The Balaban J connectivity index is 0.000000330. The standard InChI is InChI=1S/C29H39N2O3P.C20H22O2.C15H32N3OP.C6H15N.CH2N4/c1-6-26(34-35(33-18-11-17-30)31(22(2)3)23(4)5)16-19-32-21-29-27-14-9-7-12-24(27)20-25-13-8-10-15-28(25)29;1-2-17(21)11-12-22-14-20-18-9-5-3-7-15(18)13-16-8-4-6-10-19(16)20;1-12(2)17(13(3)4)20(19-11-9-10-16)18(14(5)6)15(7)8;1-5(2)7-6(3)4;1-2-4-5-3-1/h7-10,12-15,20,22-23,26H,6,11,16,18-19,21H2,1-5H3;3-10,13,17,21H,2,11-12,14H2,1H3;12-15H,9,11H2,1-8H3;5-7H,1-4H3;1H,(H,2,3,4,5)/t26-,35?;17-;;;/m11.../s1. The van der Waals surface area contributed by atoms with Crippen LogP contribution in [0.3, 0.4) is 0 Å². The number of aromatic amines is 1. The summed E-state index contributed by atoms with van der Waals surface area (Å²) in [6.45, 7) is 42.3. The lowest BCUT2D eigenvalue weighted by atomic mass is 9.97. The van der Waals surface area contributed by atoms with Crippen LogP contribution in [-0.4, -0.2) is 127 Å². The van der Waals surface area contributed by atoms with Gasteiger partial charge in [-0.05, 0) is 175 Å². The summed E-state index contributed by atoms with van der Waals surface area (Å²) in [6.07, 6.45) is 5.07. The molecule has 1 unspecified atom stereocenters. The molecular weight excluding hydrogens is 1150 g/mol. The summed E-state index contributed by atoms with van der Waals surface area (Å²) < 4.78 is 38.0. The van der Waals surface area contributed by atoms with Crippen molar-refractivity contribution in [2.24, 2.45) is 0 Å². The van der Waals surface area contributed by atoms with E-state index in [0.29, 0.717) is 95.2 Å². The maximum Gasteiger partial charge on any atom is 0.259 e. The van der Waals surface area contributed by atoms with E-state index in [1.54, 1.807) is 0 Å². The van der Waals surface area contributed by atoms with Crippen LogP contribution in [0.15, 0.2) is 116 Å². The summed E-state index contributed by atoms with van der Waals surface area (Å²) in [6, 6.07) is 46.2. The van der Waals surface area contributed by atoms with E-state index in [4.69, 9.17) is 33.6 Å². The van der Waals surface area contributed by atoms with Gasteiger partial charge in [-0.2, -0.15) is 15.7 Å². The fourth-order valence-electron chi connectivity index (χ4n) is 10.5. The van der Waals surface area contributed by atoms with Crippen molar-refractivity contribution in [3.05, 3.63) is 127 Å². The summed E-state index contributed by atoms with van der Waals surface area (Å²) in [5, 5.41) is 52.7. The largest absolute Gasteiger partial charge is 0.393 e. The van der Waals surface area contributed by atoms with Crippen LogP contribution in [-0.2, 0) is 36.3 Å². The first-order chi connectivity index (χ1) is 42.6. The number of benzene rings is 6. The third-order valence-electron chi connectivity index (χ3n) is 14.1. The molecule has 7 rings (SSSR count). The minimum atomic E-state index is -1.24. The van der Waals surface area contributed by atoms with E-state index in [1.807, 2.05) is 6.92 Å². The van der Waals surface area contributed by atoms with Gasteiger partial charge in [0, 0.05) is 61.5 Å². The molecule has 3 atom stereocenters. The molecule has 18 heteroatoms. The molecule has 7 aromatic rings. The topological polar surface area (TPSA) is 190 Å². The fraction of sp³-hybridized carbons (Fsp3) is 0.563. The molecule has 0 aliphatic rings. The van der Waals surface area contributed by atoms with Crippen molar-refractivity contribution < 1.29 is 28.2 Å². The number of ether oxygens (including phenoxy) is 2. The molecule has 0 spiro atoms. The van der Waals surface area contributed by atoms with E-state index in [9.17, 15) is 5.11 Å². The zero-order valence-corrected chi connectivity index (χ0v) is 59.0. The van der Waals surface area contributed by atoms with Gasteiger partial charge in [0.15, 0.2) is 14.8 Å². The Bertz CT molecular complexity index is 2900. The van der Waals surface area contributed by atoms with Crippen LogP contribution in [0.5, 0.6) is 0 Å². The third-order valence-corrected chi connectivity index (χ3v) is 19.4. The summed E-state index contributed by atoms with van der Waals surface area (Å²) in [7, 11) is -2.09. The zero-order valence-electron chi connectivity index (χ0n) is 57.2. The summed E-state index contributed by atoms with van der Waals surface area (Å²) in [4.78, 5) is 0. The maximum absolute atomic E-state index is 9.62. The molecule has 0 bridgehead atoms. The Kier molecular flexibility index (Phi) is 38.3. The lowest BCUT2D eigenvalue weighted by molar-refractivity contribution is 0.0702. The Morgan fingerprint density at radius 3 is 1.20 bits per heavy atom. The molecule has 0 saturated carbocycles. The molecule has 0 aliphatic carbocycles.